The third-order valence-corrected chi connectivity index (χ3v) is 6.19. The van der Waals surface area contributed by atoms with Gasteiger partial charge in [0.1, 0.15) is 23.5 Å². The number of rotatable bonds is 0. The molecule has 1 aliphatic carbocycles. The van der Waals surface area contributed by atoms with Gasteiger partial charge in [0, 0.05) is 17.5 Å². The highest BCUT2D eigenvalue weighted by atomic mass is 16.6. The van der Waals surface area contributed by atoms with Gasteiger partial charge in [0.25, 0.3) is 0 Å². The van der Waals surface area contributed by atoms with Crippen molar-refractivity contribution in [3.8, 4) is 11.5 Å². The van der Waals surface area contributed by atoms with E-state index < -0.39 is 23.2 Å². The third kappa shape index (κ3) is 1.63. The minimum Gasteiger partial charge on any atom is -0.488 e. The topological polar surface area (TPSA) is 55.8 Å². The summed E-state index contributed by atoms with van der Waals surface area (Å²) in [7, 11) is 0. The highest BCUT2D eigenvalue weighted by Gasteiger charge is 2.71. The molecule has 4 heteroatoms. The fraction of sp³-hybridized carbons (Fsp3) is 0.381. The van der Waals surface area contributed by atoms with Crippen molar-refractivity contribution in [3.05, 3.63) is 58.7 Å². The molecule has 0 bridgehead atoms. The van der Waals surface area contributed by atoms with E-state index in [2.05, 4.69) is 0 Å². The van der Waals surface area contributed by atoms with E-state index in [0.717, 1.165) is 28.0 Å². The fourth-order valence-corrected chi connectivity index (χ4v) is 4.79. The molecule has 2 aromatic carbocycles. The van der Waals surface area contributed by atoms with Crippen molar-refractivity contribution in [1.29, 1.82) is 0 Å². The molecule has 1 fully saturated rings. The number of ketones is 1. The number of benzene rings is 2. The number of carbonyl (C=O) groups is 1. The Morgan fingerprint density at radius 3 is 2.52 bits per heavy atom. The van der Waals surface area contributed by atoms with Crippen molar-refractivity contribution in [2.45, 2.75) is 50.4 Å². The van der Waals surface area contributed by atoms with E-state index in [1.165, 1.54) is 0 Å². The van der Waals surface area contributed by atoms with Gasteiger partial charge in [-0.05, 0) is 32.9 Å². The van der Waals surface area contributed by atoms with Gasteiger partial charge in [-0.25, -0.2) is 0 Å². The summed E-state index contributed by atoms with van der Waals surface area (Å²) in [4.78, 5) is 12.9. The van der Waals surface area contributed by atoms with Crippen LogP contribution in [0, 0.1) is 13.8 Å². The molecule has 1 saturated carbocycles. The standard InChI is InChI=1S/C21H20O4/c1-11-4-6-16-13(8-11)19-15(22)10-18-20(3,21(19,23)25-16)14-9-12(2)5-7-17(14)24-18/h4-9,18-19,23H,10H2,1-3H3. The molecule has 4 unspecified atom stereocenters. The first-order valence-electron chi connectivity index (χ1n) is 8.67. The van der Waals surface area contributed by atoms with Crippen LogP contribution in [0.5, 0.6) is 11.5 Å². The van der Waals surface area contributed by atoms with Gasteiger partial charge >= 0.3 is 0 Å². The maximum absolute atomic E-state index is 12.9. The Bertz CT molecular complexity index is 933. The molecule has 25 heavy (non-hydrogen) atoms. The molecule has 4 nitrogen and oxygen atoms in total. The largest absolute Gasteiger partial charge is 0.488 e. The predicted molar refractivity (Wildman–Crippen MR) is 92.1 cm³/mol. The third-order valence-electron chi connectivity index (χ3n) is 6.19. The number of ether oxygens (including phenoxy) is 2. The molecule has 5 rings (SSSR count). The molecule has 0 saturated heterocycles. The molecule has 3 aliphatic rings. The number of hydrogen-bond acceptors (Lipinski definition) is 4. The van der Waals surface area contributed by atoms with E-state index in [1.807, 2.05) is 57.2 Å². The Morgan fingerprint density at radius 2 is 1.76 bits per heavy atom. The van der Waals surface area contributed by atoms with E-state index in [0.29, 0.717) is 5.75 Å². The molecule has 128 valence electrons. The molecule has 2 aliphatic heterocycles. The van der Waals surface area contributed by atoms with Crippen LogP contribution in [0.25, 0.3) is 0 Å². The van der Waals surface area contributed by atoms with Crippen LogP contribution in [0.1, 0.15) is 41.5 Å². The van der Waals surface area contributed by atoms with Gasteiger partial charge < -0.3 is 14.6 Å². The van der Waals surface area contributed by atoms with Crippen LogP contribution in [0.15, 0.2) is 36.4 Å². The highest BCUT2D eigenvalue weighted by molar-refractivity contribution is 5.91. The summed E-state index contributed by atoms with van der Waals surface area (Å²) in [6.45, 7) is 5.95. The van der Waals surface area contributed by atoms with Crippen molar-refractivity contribution < 1.29 is 19.4 Å². The lowest BCUT2D eigenvalue weighted by atomic mass is 9.60. The Kier molecular flexibility index (Phi) is 2.66. The number of aryl methyl sites for hydroxylation is 2. The summed E-state index contributed by atoms with van der Waals surface area (Å²) in [5.74, 6) is -1.02. The van der Waals surface area contributed by atoms with Gasteiger partial charge in [0.05, 0.1) is 5.41 Å². The number of aliphatic hydroxyl groups is 1. The van der Waals surface area contributed by atoms with Crippen molar-refractivity contribution in [1.82, 2.24) is 0 Å². The van der Waals surface area contributed by atoms with Gasteiger partial charge in [-0.3, -0.25) is 4.79 Å². The normalized spacial score (nSPS) is 34.5. The molecule has 0 radical (unpaired) electrons. The van der Waals surface area contributed by atoms with Gasteiger partial charge in [0.2, 0.25) is 5.79 Å². The molecule has 2 aromatic rings. The zero-order chi connectivity index (χ0) is 17.6. The van der Waals surface area contributed by atoms with Crippen LogP contribution in [0.2, 0.25) is 0 Å². The molecule has 1 N–H and O–H groups in total. The fourth-order valence-electron chi connectivity index (χ4n) is 4.79. The summed E-state index contributed by atoms with van der Waals surface area (Å²) in [6.07, 6.45) is -0.151. The van der Waals surface area contributed by atoms with Crippen molar-refractivity contribution in [2.24, 2.45) is 0 Å². The van der Waals surface area contributed by atoms with E-state index in [9.17, 15) is 9.90 Å². The molecule has 0 amide bonds. The number of fused-ring (bicyclic) bond motifs is 7. The lowest BCUT2D eigenvalue weighted by Crippen LogP contribution is -2.65. The van der Waals surface area contributed by atoms with Gasteiger partial charge in [-0.2, -0.15) is 0 Å². The molecular weight excluding hydrogens is 316 g/mol. The van der Waals surface area contributed by atoms with Crippen LogP contribution >= 0.6 is 0 Å². The maximum atomic E-state index is 12.9. The van der Waals surface area contributed by atoms with Crippen molar-refractivity contribution in [3.63, 3.8) is 0 Å². The smallest absolute Gasteiger partial charge is 0.235 e. The Balaban J connectivity index is 1.76. The summed E-state index contributed by atoms with van der Waals surface area (Å²) in [6, 6.07) is 11.7. The van der Waals surface area contributed by atoms with Gasteiger partial charge in [-0.1, -0.05) is 35.4 Å². The van der Waals surface area contributed by atoms with Crippen LogP contribution in [0.3, 0.4) is 0 Å². The molecule has 4 atom stereocenters. The Morgan fingerprint density at radius 1 is 1.08 bits per heavy atom. The van der Waals surface area contributed by atoms with E-state index in [4.69, 9.17) is 9.47 Å². The molecule has 0 aromatic heterocycles. The first-order valence-corrected chi connectivity index (χ1v) is 8.67. The van der Waals surface area contributed by atoms with Gasteiger partial charge in [-0.15, -0.1) is 0 Å². The molecule has 0 spiro atoms. The minimum absolute atomic E-state index is 0.0288. The lowest BCUT2D eigenvalue weighted by molar-refractivity contribution is -0.217. The number of Topliss-reactive ketones (excluding diaryl/α,β-unsaturated/α-hetero) is 1. The summed E-state index contributed by atoms with van der Waals surface area (Å²) >= 11 is 0. The summed E-state index contributed by atoms with van der Waals surface area (Å²) in [5.41, 5.74) is 3.04. The Hall–Kier alpha value is -2.33. The second-order valence-corrected chi connectivity index (χ2v) is 7.75. The second-order valence-electron chi connectivity index (χ2n) is 7.75. The average molecular weight is 336 g/mol. The zero-order valence-electron chi connectivity index (χ0n) is 14.5. The summed E-state index contributed by atoms with van der Waals surface area (Å²) in [5, 5.41) is 11.7. The summed E-state index contributed by atoms with van der Waals surface area (Å²) < 4.78 is 12.2. The van der Waals surface area contributed by atoms with Crippen LogP contribution in [-0.4, -0.2) is 22.8 Å². The highest BCUT2D eigenvalue weighted by Crippen LogP contribution is 2.62. The predicted octanol–water partition coefficient (Wildman–Crippen LogP) is 3.16. The maximum Gasteiger partial charge on any atom is 0.235 e. The average Bonchev–Trinajstić information content (AvgIpc) is 3.01. The van der Waals surface area contributed by atoms with Crippen LogP contribution in [-0.2, 0) is 10.2 Å². The SMILES string of the molecule is Cc1ccc2c(c1)C1C(=O)CC3Oc4ccc(C)cc4C3(C)C1(O)O2. The van der Waals surface area contributed by atoms with Crippen LogP contribution in [0.4, 0.5) is 0 Å². The van der Waals surface area contributed by atoms with Crippen LogP contribution < -0.4 is 9.47 Å². The van der Waals surface area contributed by atoms with Crippen molar-refractivity contribution in [2.75, 3.05) is 0 Å². The quantitative estimate of drug-likeness (QED) is 0.803. The minimum atomic E-state index is -1.64. The van der Waals surface area contributed by atoms with E-state index in [1.54, 1.807) is 0 Å². The Labute approximate surface area is 146 Å². The van der Waals surface area contributed by atoms with Crippen molar-refractivity contribution >= 4 is 5.78 Å². The lowest BCUT2D eigenvalue weighted by Gasteiger charge is -2.47. The van der Waals surface area contributed by atoms with E-state index >= 15 is 0 Å². The monoisotopic (exact) mass is 336 g/mol. The van der Waals surface area contributed by atoms with Gasteiger partial charge in [0.15, 0.2) is 5.78 Å². The second kappa shape index (κ2) is 4.44. The zero-order valence-corrected chi connectivity index (χ0v) is 14.5. The number of carbonyl (C=O) groups excluding carboxylic acids is 1. The van der Waals surface area contributed by atoms with E-state index in [-0.39, 0.29) is 12.2 Å². The molecule has 2 heterocycles. The first kappa shape index (κ1) is 15.0. The molecular formula is C21H20O4. The number of hydrogen-bond donors (Lipinski definition) is 1. The first-order chi connectivity index (χ1) is 11.8.